The number of carbonyl (C=O) groups is 3. The van der Waals surface area contributed by atoms with E-state index in [9.17, 15) is 14.4 Å². The summed E-state index contributed by atoms with van der Waals surface area (Å²) < 4.78 is 0. The first-order valence-corrected chi connectivity index (χ1v) is 7.48. The fourth-order valence-corrected chi connectivity index (χ4v) is 2.45. The number of likely N-dealkylation sites (N-methyl/N-ethyl adjacent to an activating group) is 1. The molecule has 2 amide bonds. The Morgan fingerprint density at radius 3 is 2.38 bits per heavy atom. The minimum absolute atomic E-state index is 0.00657. The van der Waals surface area contributed by atoms with Crippen molar-refractivity contribution < 1.29 is 19.5 Å². The predicted octanol–water partition coefficient (Wildman–Crippen LogP) is -0.0436. The first-order chi connectivity index (χ1) is 9.96. The lowest BCUT2D eigenvalue weighted by molar-refractivity contribution is -0.139. The highest BCUT2D eigenvalue weighted by molar-refractivity contribution is 5.84. The van der Waals surface area contributed by atoms with Gasteiger partial charge in [-0.3, -0.25) is 19.3 Å². The Balaban J connectivity index is 2.20. The van der Waals surface area contributed by atoms with Crippen molar-refractivity contribution in [2.24, 2.45) is 0 Å². The standard InChI is InChI=1S/C14H25N3O4/c1-3-5-12(18)15-8-13(19)16-10-6-11(7-10)17(4-2)9-14(20)21/h10-11H,3-9H2,1-2H3,(H,15,18)(H,16,19)(H,20,21). The van der Waals surface area contributed by atoms with E-state index in [4.69, 9.17) is 5.11 Å². The van der Waals surface area contributed by atoms with E-state index in [1.54, 1.807) is 0 Å². The van der Waals surface area contributed by atoms with Crippen molar-refractivity contribution in [3.8, 4) is 0 Å². The number of carboxylic acids is 1. The minimum Gasteiger partial charge on any atom is -0.480 e. The molecule has 1 rings (SSSR count). The van der Waals surface area contributed by atoms with Crippen molar-refractivity contribution in [1.29, 1.82) is 0 Å². The minimum atomic E-state index is -0.831. The first-order valence-electron chi connectivity index (χ1n) is 7.48. The van der Waals surface area contributed by atoms with Gasteiger partial charge in [-0.05, 0) is 25.8 Å². The van der Waals surface area contributed by atoms with Crippen LogP contribution in [0.2, 0.25) is 0 Å². The average Bonchev–Trinajstić information content (AvgIpc) is 2.38. The number of carboxylic acid groups (broad SMARTS) is 1. The third-order valence-corrected chi connectivity index (χ3v) is 3.66. The van der Waals surface area contributed by atoms with Gasteiger partial charge in [0.1, 0.15) is 0 Å². The predicted molar refractivity (Wildman–Crippen MR) is 77.8 cm³/mol. The summed E-state index contributed by atoms with van der Waals surface area (Å²) in [5.74, 6) is -1.13. The topological polar surface area (TPSA) is 98.7 Å². The molecule has 0 aliphatic heterocycles. The Kier molecular flexibility index (Phi) is 7.14. The molecule has 0 saturated heterocycles. The quantitative estimate of drug-likeness (QED) is 0.555. The van der Waals surface area contributed by atoms with Crippen LogP contribution in [-0.4, -0.2) is 59.5 Å². The summed E-state index contributed by atoms with van der Waals surface area (Å²) in [6.07, 6.45) is 2.71. The van der Waals surface area contributed by atoms with Gasteiger partial charge in [0.25, 0.3) is 0 Å². The number of nitrogens with one attached hydrogen (secondary N) is 2. The molecule has 0 unspecified atom stereocenters. The molecule has 0 radical (unpaired) electrons. The fraction of sp³-hybridized carbons (Fsp3) is 0.786. The lowest BCUT2D eigenvalue weighted by Gasteiger charge is -2.42. The molecular weight excluding hydrogens is 274 g/mol. The van der Waals surface area contributed by atoms with Gasteiger partial charge < -0.3 is 15.7 Å². The van der Waals surface area contributed by atoms with Gasteiger partial charge in [0.2, 0.25) is 11.8 Å². The first kappa shape index (κ1) is 17.4. The van der Waals surface area contributed by atoms with Crippen LogP contribution in [0, 0.1) is 0 Å². The summed E-state index contributed by atoms with van der Waals surface area (Å²) in [4.78, 5) is 35.5. The summed E-state index contributed by atoms with van der Waals surface area (Å²) >= 11 is 0. The van der Waals surface area contributed by atoms with Crippen LogP contribution in [0.15, 0.2) is 0 Å². The van der Waals surface area contributed by atoms with Gasteiger partial charge in [0.05, 0.1) is 13.1 Å². The highest BCUT2D eigenvalue weighted by Crippen LogP contribution is 2.25. The van der Waals surface area contributed by atoms with Crippen LogP contribution in [0.5, 0.6) is 0 Å². The molecule has 1 aliphatic carbocycles. The lowest BCUT2D eigenvalue weighted by Crippen LogP contribution is -2.55. The normalized spacial score (nSPS) is 20.7. The van der Waals surface area contributed by atoms with Crippen LogP contribution < -0.4 is 10.6 Å². The Bertz CT molecular complexity index is 380. The molecule has 0 atom stereocenters. The summed E-state index contributed by atoms with van der Waals surface area (Å²) in [5, 5.41) is 14.2. The Hall–Kier alpha value is -1.63. The number of carbonyl (C=O) groups excluding carboxylic acids is 2. The van der Waals surface area contributed by atoms with Crippen molar-refractivity contribution in [1.82, 2.24) is 15.5 Å². The number of rotatable bonds is 9. The molecule has 1 fully saturated rings. The van der Waals surface area contributed by atoms with Crippen LogP contribution in [0.4, 0.5) is 0 Å². The molecule has 120 valence electrons. The van der Waals surface area contributed by atoms with Crippen LogP contribution in [-0.2, 0) is 14.4 Å². The SMILES string of the molecule is CCCC(=O)NCC(=O)NC1CC(N(CC)CC(=O)O)C1. The van der Waals surface area contributed by atoms with E-state index in [1.807, 2.05) is 18.7 Å². The molecule has 3 N–H and O–H groups in total. The van der Waals surface area contributed by atoms with Crippen LogP contribution in [0.1, 0.15) is 39.5 Å². The summed E-state index contributed by atoms with van der Waals surface area (Å²) in [6.45, 7) is 4.56. The number of hydrogen-bond acceptors (Lipinski definition) is 4. The van der Waals surface area contributed by atoms with E-state index in [0.717, 1.165) is 19.3 Å². The van der Waals surface area contributed by atoms with Gasteiger partial charge in [-0.1, -0.05) is 13.8 Å². The molecule has 1 aliphatic rings. The fourth-order valence-electron chi connectivity index (χ4n) is 2.45. The molecule has 0 aromatic carbocycles. The molecular formula is C14H25N3O4. The van der Waals surface area contributed by atoms with E-state index < -0.39 is 5.97 Å². The van der Waals surface area contributed by atoms with Crippen molar-refractivity contribution >= 4 is 17.8 Å². The van der Waals surface area contributed by atoms with Crippen LogP contribution >= 0.6 is 0 Å². The highest BCUT2D eigenvalue weighted by Gasteiger charge is 2.34. The van der Waals surface area contributed by atoms with E-state index in [-0.39, 0.29) is 37.0 Å². The van der Waals surface area contributed by atoms with Gasteiger partial charge in [-0.25, -0.2) is 0 Å². The van der Waals surface area contributed by atoms with E-state index in [1.165, 1.54) is 0 Å². The Labute approximate surface area is 125 Å². The molecule has 0 heterocycles. The molecule has 7 nitrogen and oxygen atoms in total. The molecule has 0 aromatic heterocycles. The monoisotopic (exact) mass is 299 g/mol. The average molecular weight is 299 g/mol. The Morgan fingerprint density at radius 2 is 1.86 bits per heavy atom. The molecule has 1 saturated carbocycles. The smallest absolute Gasteiger partial charge is 0.317 e. The third kappa shape index (κ3) is 6.12. The second kappa shape index (κ2) is 8.61. The number of nitrogens with zero attached hydrogens (tertiary/aromatic N) is 1. The highest BCUT2D eigenvalue weighted by atomic mass is 16.4. The van der Waals surface area contributed by atoms with Crippen molar-refractivity contribution in [2.45, 2.75) is 51.6 Å². The van der Waals surface area contributed by atoms with Crippen molar-refractivity contribution in [3.63, 3.8) is 0 Å². The van der Waals surface area contributed by atoms with Crippen molar-refractivity contribution in [3.05, 3.63) is 0 Å². The summed E-state index contributed by atoms with van der Waals surface area (Å²) in [6, 6.07) is 0.291. The van der Waals surface area contributed by atoms with Gasteiger partial charge in [0, 0.05) is 18.5 Å². The Morgan fingerprint density at radius 1 is 1.19 bits per heavy atom. The number of amides is 2. The van der Waals surface area contributed by atoms with E-state index in [0.29, 0.717) is 13.0 Å². The maximum atomic E-state index is 11.6. The zero-order valence-electron chi connectivity index (χ0n) is 12.7. The summed E-state index contributed by atoms with van der Waals surface area (Å²) in [5.41, 5.74) is 0. The summed E-state index contributed by atoms with van der Waals surface area (Å²) in [7, 11) is 0. The zero-order chi connectivity index (χ0) is 15.8. The van der Waals surface area contributed by atoms with Gasteiger partial charge in [0.15, 0.2) is 0 Å². The second-order valence-corrected chi connectivity index (χ2v) is 5.37. The molecule has 7 heteroatoms. The lowest BCUT2D eigenvalue weighted by atomic mass is 9.85. The molecule has 0 bridgehead atoms. The maximum Gasteiger partial charge on any atom is 0.317 e. The largest absolute Gasteiger partial charge is 0.480 e. The van der Waals surface area contributed by atoms with E-state index in [2.05, 4.69) is 10.6 Å². The van der Waals surface area contributed by atoms with Crippen LogP contribution in [0.25, 0.3) is 0 Å². The number of hydrogen-bond donors (Lipinski definition) is 3. The van der Waals surface area contributed by atoms with Crippen LogP contribution in [0.3, 0.4) is 0 Å². The van der Waals surface area contributed by atoms with Gasteiger partial charge in [-0.2, -0.15) is 0 Å². The van der Waals surface area contributed by atoms with Gasteiger partial charge in [-0.15, -0.1) is 0 Å². The zero-order valence-corrected chi connectivity index (χ0v) is 12.7. The van der Waals surface area contributed by atoms with Crippen molar-refractivity contribution in [2.75, 3.05) is 19.6 Å². The molecule has 0 aromatic rings. The van der Waals surface area contributed by atoms with Gasteiger partial charge >= 0.3 is 5.97 Å². The number of aliphatic carboxylic acids is 1. The molecule has 0 spiro atoms. The van der Waals surface area contributed by atoms with E-state index >= 15 is 0 Å². The molecule has 21 heavy (non-hydrogen) atoms. The third-order valence-electron chi connectivity index (χ3n) is 3.66. The second-order valence-electron chi connectivity index (χ2n) is 5.37. The maximum absolute atomic E-state index is 11.6.